The van der Waals surface area contributed by atoms with Gasteiger partial charge in [-0.05, 0) is 38.8 Å². The van der Waals surface area contributed by atoms with Gasteiger partial charge in [0.2, 0.25) is 0 Å². The highest BCUT2D eigenvalue weighted by Gasteiger charge is 2.22. The molecule has 132 valence electrons. The maximum atomic E-state index is 12.1. The number of nitrogens with one attached hydrogen (secondary N) is 1. The number of amides is 1. The van der Waals surface area contributed by atoms with Gasteiger partial charge >= 0.3 is 5.97 Å². The van der Waals surface area contributed by atoms with Crippen molar-refractivity contribution in [3.8, 4) is 0 Å². The van der Waals surface area contributed by atoms with Gasteiger partial charge < -0.3 is 10.1 Å². The number of carbonyl (C=O) groups is 2. The van der Waals surface area contributed by atoms with E-state index in [1.165, 1.54) is 12.0 Å². The molecule has 1 saturated carbocycles. The third-order valence-corrected chi connectivity index (χ3v) is 5.24. The first-order valence-electron chi connectivity index (χ1n) is 8.74. The molecule has 0 bridgehead atoms. The molecule has 1 aliphatic rings. The van der Waals surface area contributed by atoms with E-state index in [4.69, 9.17) is 4.74 Å². The summed E-state index contributed by atoms with van der Waals surface area (Å²) in [5.41, 5.74) is 1.22. The molecule has 0 aliphatic heterocycles. The lowest BCUT2D eigenvalue weighted by Gasteiger charge is -2.24. The van der Waals surface area contributed by atoms with Crippen LogP contribution >= 0.6 is 11.8 Å². The van der Waals surface area contributed by atoms with Crippen molar-refractivity contribution in [2.24, 2.45) is 0 Å². The predicted octanol–water partition coefficient (Wildman–Crippen LogP) is 3.86. The zero-order chi connectivity index (χ0) is 17.4. The summed E-state index contributed by atoms with van der Waals surface area (Å²) in [5.74, 6) is 0.154. The highest BCUT2D eigenvalue weighted by Crippen LogP contribution is 2.20. The van der Waals surface area contributed by atoms with Crippen LogP contribution in [0.2, 0.25) is 0 Å². The Bertz CT molecular complexity index is 538. The molecule has 0 saturated heterocycles. The normalized spacial score (nSPS) is 16.4. The lowest BCUT2D eigenvalue weighted by atomic mass is 9.95. The number of rotatable bonds is 7. The van der Waals surface area contributed by atoms with Crippen LogP contribution in [0.5, 0.6) is 0 Å². The SMILES string of the molecule is Cc1ccc(SCCC(=O)O[C@@H](C)C(=O)NC2CCCCC2)cc1. The Balaban J connectivity index is 1.65. The van der Waals surface area contributed by atoms with Crippen molar-refractivity contribution < 1.29 is 14.3 Å². The molecule has 0 unspecified atom stereocenters. The zero-order valence-electron chi connectivity index (χ0n) is 14.5. The van der Waals surface area contributed by atoms with E-state index in [1.54, 1.807) is 18.7 Å². The van der Waals surface area contributed by atoms with E-state index < -0.39 is 6.10 Å². The summed E-state index contributed by atoms with van der Waals surface area (Å²) in [6, 6.07) is 8.44. The summed E-state index contributed by atoms with van der Waals surface area (Å²) in [4.78, 5) is 25.1. The molecule has 1 N–H and O–H groups in total. The summed E-state index contributed by atoms with van der Waals surface area (Å²) in [5, 5.41) is 2.99. The molecule has 0 heterocycles. The summed E-state index contributed by atoms with van der Waals surface area (Å²) in [7, 11) is 0. The number of hydrogen-bond donors (Lipinski definition) is 1. The second kappa shape index (κ2) is 9.72. The molecular formula is C19H27NO3S. The van der Waals surface area contributed by atoms with Crippen molar-refractivity contribution in [1.82, 2.24) is 5.32 Å². The van der Waals surface area contributed by atoms with Gasteiger partial charge in [0.1, 0.15) is 0 Å². The second-order valence-corrected chi connectivity index (χ2v) is 7.56. The van der Waals surface area contributed by atoms with Crippen molar-refractivity contribution in [1.29, 1.82) is 0 Å². The molecule has 24 heavy (non-hydrogen) atoms. The molecule has 1 aromatic carbocycles. The number of carbonyl (C=O) groups excluding carboxylic acids is 2. The molecule has 1 aliphatic carbocycles. The third kappa shape index (κ3) is 6.56. The Morgan fingerprint density at radius 2 is 1.88 bits per heavy atom. The Hall–Kier alpha value is -1.49. The van der Waals surface area contributed by atoms with Crippen LogP contribution in [0.25, 0.3) is 0 Å². The third-order valence-electron chi connectivity index (χ3n) is 4.22. The lowest BCUT2D eigenvalue weighted by molar-refractivity contribution is -0.154. The van der Waals surface area contributed by atoms with Crippen molar-refractivity contribution in [2.75, 3.05) is 5.75 Å². The smallest absolute Gasteiger partial charge is 0.307 e. The highest BCUT2D eigenvalue weighted by atomic mass is 32.2. The summed E-state index contributed by atoms with van der Waals surface area (Å²) < 4.78 is 5.25. The van der Waals surface area contributed by atoms with Gasteiger partial charge in [0, 0.05) is 16.7 Å². The number of esters is 1. The number of benzene rings is 1. The van der Waals surface area contributed by atoms with Crippen molar-refractivity contribution >= 4 is 23.6 Å². The van der Waals surface area contributed by atoms with Crippen molar-refractivity contribution in [3.63, 3.8) is 0 Å². The first kappa shape index (κ1) is 18.8. The molecule has 1 fully saturated rings. The van der Waals surface area contributed by atoms with Gasteiger partial charge in [0.25, 0.3) is 5.91 Å². The highest BCUT2D eigenvalue weighted by molar-refractivity contribution is 7.99. The molecule has 5 heteroatoms. The van der Waals surface area contributed by atoms with Crippen LogP contribution in [0.15, 0.2) is 29.2 Å². The van der Waals surface area contributed by atoms with Gasteiger partial charge in [0.15, 0.2) is 6.10 Å². The first-order chi connectivity index (χ1) is 11.5. The number of ether oxygens (including phenoxy) is 1. The Labute approximate surface area is 148 Å². The quantitative estimate of drug-likeness (QED) is 0.600. The van der Waals surface area contributed by atoms with Crippen LogP contribution in [0, 0.1) is 6.92 Å². The topological polar surface area (TPSA) is 55.4 Å². The van der Waals surface area contributed by atoms with E-state index in [1.807, 2.05) is 19.1 Å². The fourth-order valence-corrected chi connectivity index (χ4v) is 3.59. The summed E-state index contributed by atoms with van der Waals surface area (Å²) in [6.45, 7) is 3.69. The minimum absolute atomic E-state index is 0.179. The van der Waals surface area contributed by atoms with E-state index >= 15 is 0 Å². The number of hydrogen-bond acceptors (Lipinski definition) is 4. The largest absolute Gasteiger partial charge is 0.453 e. The molecule has 4 nitrogen and oxygen atoms in total. The zero-order valence-corrected chi connectivity index (χ0v) is 15.4. The molecule has 0 radical (unpaired) electrons. The average molecular weight is 349 g/mol. The fraction of sp³-hybridized carbons (Fsp3) is 0.579. The minimum Gasteiger partial charge on any atom is -0.453 e. The number of thioether (sulfide) groups is 1. The van der Waals surface area contributed by atoms with Gasteiger partial charge in [-0.15, -0.1) is 11.8 Å². The van der Waals surface area contributed by atoms with E-state index in [2.05, 4.69) is 17.4 Å². The monoisotopic (exact) mass is 349 g/mol. The molecule has 0 aromatic heterocycles. The Kier molecular flexibility index (Phi) is 7.63. The van der Waals surface area contributed by atoms with Gasteiger partial charge in [-0.3, -0.25) is 9.59 Å². The molecule has 0 spiro atoms. The first-order valence-corrected chi connectivity index (χ1v) is 9.72. The van der Waals surface area contributed by atoms with E-state index in [0.717, 1.165) is 30.6 Å². The van der Waals surface area contributed by atoms with Crippen LogP contribution in [0.1, 0.15) is 51.0 Å². The van der Waals surface area contributed by atoms with Crippen molar-refractivity contribution in [3.05, 3.63) is 29.8 Å². The summed E-state index contributed by atoms with van der Waals surface area (Å²) in [6.07, 6.45) is 5.21. The average Bonchev–Trinajstić information content (AvgIpc) is 2.57. The van der Waals surface area contributed by atoms with E-state index in [9.17, 15) is 9.59 Å². The van der Waals surface area contributed by atoms with Crippen LogP contribution in [0.3, 0.4) is 0 Å². The predicted molar refractivity (Wildman–Crippen MR) is 97.1 cm³/mol. The Morgan fingerprint density at radius 3 is 2.54 bits per heavy atom. The van der Waals surface area contributed by atoms with Gasteiger partial charge in [-0.2, -0.15) is 0 Å². The molecule has 1 aromatic rings. The number of aryl methyl sites for hydroxylation is 1. The maximum Gasteiger partial charge on any atom is 0.307 e. The van der Waals surface area contributed by atoms with Crippen LogP contribution in [-0.2, 0) is 14.3 Å². The molecular weight excluding hydrogens is 322 g/mol. The van der Waals surface area contributed by atoms with Crippen molar-refractivity contribution in [2.45, 2.75) is 69.4 Å². The van der Waals surface area contributed by atoms with E-state index in [0.29, 0.717) is 12.2 Å². The summed E-state index contributed by atoms with van der Waals surface area (Å²) >= 11 is 1.62. The maximum absolute atomic E-state index is 12.1. The molecule has 2 rings (SSSR count). The van der Waals surface area contributed by atoms with Gasteiger partial charge in [-0.25, -0.2) is 0 Å². The van der Waals surface area contributed by atoms with E-state index in [-0.39, 0.29) is 17.9 Å². The molecule has 1 atom stereocenters. The molecule has 1 amide bonds. The lowest BCUT2D eigenvalue weighted by Crippen LogP contribution is -2.42. The minimum atomic E-state index is -0.719. The Morgan fingerprint density at radius 1 is 1.21 bits per heavy atom. The standard InChI is InChI=1S/C19H27NO3S/c1-14-8-10-17(11-9-14)24-13-12-18(21)23-15(2)19(22)20-16-6-4-3-5-7-16/h8-11,15-16H,3-7,12-13H2,1-2H3,(H,20,22)/t15-/m0/s1. The van der Waals surface area contributed by atoms with Crippen LogP contribution in [0.4, 0.5) is 0 Å². The second-order valence-electron chi connectivity index (χ2n) is 6.39. The van der Waals surface area contributed by atoms with Gasteiger partial charge in [0.05, 0.1) is 6.42 Å². The van der Waals surface area contributed by atoms with Crippen LogP contribution < -0.4 is 5.32 Å². The van der Waals surface area contributed by atoms with Gasteiger partial charge in [-0.1, -0.05) is 37.0 Å². The van der Waals surface area contributed by atoms with Crippen LogP contribution in [-0.4, -0.2) is 29.8 Å². The fourth-order valence-electron chi connectivity index (χ4n) is 2.76.